The van der Waals surface area contributed by atoms with Crippen molar-refractivity contribution in [3.05, 3.63) is 76.6 Å². The molecule has 0 spiro atoms. The Morgan fingerprint density at radius 3 is 2.73 bits per heavy atom. The number of aromatic nitrogens is 1. The molecule has 0 saturated carbocycles. The standard InChI is InChI=1S/C29H34ClN5O5S/c1-6-39-27(36)29(2,3)41-28-31-33-35(32-28)16-14-23-22-10-8-15-34(22)21-13-12-18(30)17-20(21)25(40-23)19-9-7-11-24(37-4)26(19)38-5/h7-13,15,17,23,25,33H,6,14,16H2,1-5H3,(H,31,32)/t23-,25-/m1/s1. The van der Waals surface area contributed by atoms with E-state index in [9.17, 15) is 4.79 Å². The molecule has 2 atom stereocenters. The molecule has 0 unspecified atom stereocenters. The smallest absolute Gasteiger partial charge is 0.322 e. The first kappa shape index (κ1) is 29.1. The van der Waals surface area contributed by atoms with Gasteiger partial charge >= 0.3 is 5.97 Å². The largest absolute Gasteiger partial charge is 0.493 e. The summed E-state index contributed by atoms with van der Waals surface area (Å²) in [6.07, 6.45) is 1.87. The fourth-order valence-electron chi connectivity index (χ4n) is 4.97. The van der Waals surface area contributed by atoms with Gasteiger partial charge in [0.05, 0.1) is 32.2 Å². The van der Waals surface area contributed by atoms with Crippen molar-refractivity contribution in [3.8, 4) is 17.2 Å². The normalized spacial score (nSPS) is 18.3. The minimum atomic E-state index is -0.791. The molecule has 3 aromatic rings. The lowest BCUT2D eigenvalue weighted by atomic mass is 9.98. The number of nitrogens with zero attached hydrogens (tertiary/aromatic N) is 3. The second-order valence-corrected chi connectivity index (χ2v) is 12.0. The third-order valence-corrected chi connectivity index (χ3v) is 8.18. The topological polar surface area (TPSA) is 98.6 Å². The highest BCUT2D eigenvalue weighted by Crippen LogP contribution is 2.46. The van der Waals surface area contributed by atoms with Gasteiger partial charge in [-0.15, -0.1) is 10.2 Å². The van der Waals surface area contributed by atoms with Gasteiger partial charge < -0.3 is 23.5 Å². The van der Waals surface area contributed by atoms with Crippen molar-refractivity contribution < 1.29 is 23.7 Å². The molecule has 2 aliphatic rings. The minimum Gasteiger partial charge on any atom is -0.493 e. The summed E-state index contributed by atoms with van der Waals surface area (Å²) in [5.41, 5.74) is 9.97. The third-order valence-electron chi connectivity index (χ3n) is 6.89. The molecule has 2 aromatic carbocycles. The number of hydrazone groups is 1. The van der Waals surface area contributed by atoms with Crippen molar-refractivity contribution in [2.24, 2.45) is 5.10 Å². The summed E-state index contributed by atoms with van der Waals surface area (Å²) in [6.45, 7) is 6.29. The monoisotopic (exact) mass is 599 g/mol. The van der Waals surface area contributed by atoms with Crippen LogP contribution in [0, 0.1) is 0 Å². The van der Waals surface area contributed by atoms with E-state index in [1.807, 2.05) is 62.5 Å². The minimum absolute atomic E-state index is 0.292. The Hall–Kier alpha value is -3.38. The van der Waals surface area contributed by atoms with E-state index in [1.54, 1.807) is 26.3 Å². The average molecular weight is 600 g/mol. The van der Waals surface area contributed by atoms with E-state index in [1.165, 1.54) is 11.8 Å². The molecule has 10 nitrogen and oxygen atoms in total. The van der Waals surface area contributed by atoms with E-state index in [0.717, 1.165) is 22.5 Å². The van der Waals surface area contributed by atoms with Crippen LogP contribution in [0.5, 0.6) is 11.5 Å². The number of hydrazine groups is 2. The van der Waals surface area contributed by atoms with Crippen LogP contribution in [-0.4, -0.2) is 52.9 Å². The number of carbonyl (C=O) groups is 1. The molecular formula is C29H34ClN5O5S. The van der Waals surface area contributed by atoms with Crippen LogP contribution in [0.3, 0.4) is 0 Å². The van der Waals surface area contributed by atoms with Crippen LogP contribution < -0.4 is 20.4 Å². The molecule has 0 radical (unpaired) electrons. The molecule has 218 valence electrons. The van der Waals surface area contributed by atoms with Gasteiger partial charge in [-0.1, -0.05) is 35.5 Å². The fourth-order valence-corrected chi connectivity index (χ4v) is 6.02. The number of rotatable bonds is 9. The molecule has 0 saturated heterocycles. The van der Waals surface area contributed by atoms with Crippen LogP contribution in [0.15, 0.2) is 59.8 Å². The molecule has 0 fully saturated rings. The zero-order chi connectivity index (χ0) is 29.1. The third kappa shape index (κ3) is 5.99. The Kier molecular flexibility index (Phi) is 8.69. The van der Waals surface area contributed by atoms with Gasteiger partial charge in [0.25, 0.3) is 0 Å². The van der Waals surface area contributed by atoms with Crippen molar-refractivity contribution in [3.63, 3.8) is 0 Å². The Bertz CT molecular complexity index is 1440. The zero-order valence-electron chi connectivity index (χ0n) is 23.6. The molecule has 2 N–H and O–H groups in total. The van der Waals surface area contributed by atoms with Gasteiger partial charge in [-0.3, -0.25) is 10.2 Å². The molecule has 3 heterocycles. The first-order valence-corrected chi connectivity index (χ1v) is 14.5. The number of thioether (sulfide) groups is 1. The molecule has 0 aliphatic carbocycles. The maximum Gasteiger partial charge on any atom is 0.322 e. The number of esters is 1. The lowest BCUT2D eigenvalue weighted by molar-refractivity contribution is -0.145. The number of amidine groups is 1. The first-order chi connectivity index (χ1) is 19.7. The van der Waals surface area contributed by atoms with Crippen molar-refractivity contribution in [2.75, 3.05) is 27.4 Å². The van der Waals surface area contributed by atoms with Crippen molar-refractivity contribution >= 4 is 34.5 Å². The van der Waals surface area contributed by atoms with E-state index >= 15 is 0 Å². The fraction of sp³-hybridized carbons (Fsp3) is 0.379. The average Bonchev–Trinajstić information content (AvgIpc) is 3.60. The molecular weight excluding hydrogens is 566 g/mol. The summed E-state index contributed by atoms with van der Waals surface area (Å²) < 4.78 is 24.9. The van der Waals surface area contributed by atoms with Crippen molar-refractivity contribution in [2.45, 2.75) is 44.1 Å². The highest BCUT2D eigenvalue weighted by atomic mass is 35.5. The molecule has 12 heteroatoms. The number of nitrogens with one attached hydrogen (secondary N) is 2. The number of fused-ring (bicyclic) bond motifs is 3. The van der Waals surface area contributed by atoms with E-state index in [4.69, 9.17) is 30.5 Å². The summed E-state index contributed by atoms with van der Waals surface area (Å²) in [7, 11) is 3.24. The number of para-hydroxylation sites is 1. The van der Waals surface area contributed by atoms with Gasteiger partial charge in [-0.25, -0.2) is 5.53 Å². The second kappa shape index (κ2) is 12.2. The number of halogens is 1. The van der Waals surface area contributed by atoms with E-state index in [0.29, 0.717) is 41.3 Å². The molecule has 41 heavy (non-hydrogen) atoms. The quantitative estimate of drug-likeness (QED) is 0.315. The maximum absolute atomic E-state index is 12.3. The van der Waals surface area contributed by atoms with E-state index in [-0.39, 0.29) is 12.1 Å². The molecule has 5 rings (SSSR count). The Morgan fingerprint density at radius 2 is 1.98 bits per heavy atom. The van der Waals surface area contributed by atoms with E-state index < -0.39 is 10.9 Å². The number of hydrogen-bond donors (Lipinski definition) is 2. The van der Waals surface area contributed by atoms with Gasteiger partial charge in [0, 0.05) is 28.9 Å². The summed E-state index contributed by atoms with van der Waals surface area (Å²) in [5.74, 6) is 0.939. The SMILES string of the molecule is CCOC(=O)C(C)(C)SC1=NNN(CC[C@H]2O[C@H](c3cccc(OC)c3OC)c3cc(Cl)ccc3-n3cccc32)N1. The van der Waals surface area contributed by atoms with Crippen LogP contribution >= 0.6 is 23.4 Å². The predicted molar refractivity (Wildman–Crippen MR) is 159 cm³/mol. The number of ether oxygens (including phenoxy) is 4. The van der Waals surface area contributed by atoms with Gasteiger partial charge in [-0.05, 0) is 63.6 Å². The summed E-state index contributed by atoms with van der Waals surface area (Å²) in [4.78, 5) is 12.3. The van der Waals surface area contributed by atoms with E-state index in [2.05, 4.69) is 26.7 Å². The van der Waals surface area contributed by atoms with Gasteiger partial charge in [0.15, 0.2) is 16.7 Å². The maximum atomic E-state index is 12.3. The van der Waals surface area contributed by atoms with Crippen LogP contribution in [0.2, 0.25) is 5.02 Å². The molecule has 0 bridgehead atoms. The molecule has 2 aliphatic heterocycles. The lowest BCUT2D eigenvalue weighted by Gasteiger charge is -2.26. The van der Waals surface area contributed by atoms with Gasteiger partial charge in [-0.2, -0.15) is 0 Å². The Balaban J connectivity index is 1.39. The second-order valence-electron chi connectivity index (χ2n) is 10.00. The number of benzene rings is 2. The number of hydrogen-bond acceptors (Lipinski definition) is 10. The van der Waals surface area contributed by atoms with Crippen molar-refractivity contribution in [1.82, 2.24) is 20.6 Å². The molecule has 1 aromatic heterocycles. The summed E-state index contributed by atoms with van der Waals surface area (Å²) in [5, 5.41) is 7.32. The highest BCUT2D eigenvalue weighted by Gasteiger charge is 2.35. The summed E-state index contributed by atoms with van der Waals surface area (Å²) in [6, 6.07) is 15.7. The zero-order valence-corrected chi connectivity index (χ0v) is 25.2. The van der Waals surface area contributed by atoms with Gasteiger partial charge in [0.1, 0.15) is 17.0 Å². The highest BCUT2D eigenvalue weighted by molar-refractivity contribution is 8.15. The first-order valence-electron chi connectivity index (χ1n) is 13.3. The number of carbonyl (C=O) groups excluding carboxylic acids is 1. The Labute approximate surface area is 248 Å². The van der Waals surface area contributed by atoms with Crippen LogP contribution in [0.4, 0.5) is 0 Å². The Morgan fingerprint density at radius 1 is 1.15 bits per heavy atom. The van der Waals surface area contributed by atoms with Crippen LogP contribution in [0.25, 0.3) is 5.69 Å². The van der Waals surface area contributed by atoms with Gasteiger partial charge in [0.2, 0.25) is 0 Å². The van der Waals surface area contributed by atoms with Crippen LogP contribution in [0.1, 0.15) is 56.2 Å². The molecule has 0 amide bonds. The number of methoxy groups -OCH3 is 2. The van der Waals surface area contributed by atoms with Crippen LogP contribution in [-0.2, 0) is 14.3 Å². The lowest BCUT2D eigenvalue weighted by Crippen LogP contribution is -2.43. The predicted octanol–water partition coefficient (Wildman–Crippen LogP) is 5.37. The van der Waals surface area contributed by atoms with Crippen molar-refractivity contribution in [1.29, 1.82) is 0 Å². The summed E-state index contributed by atoms with van der Waals surface area (Å²) >= 11 is 7.81.